The molecule has 8 nitrogen and oxygen atoms in total. The third-order valence-corrected chi connectivity index (χ3v) is 5.35. The molecule has 146 valence electrons. The largest absolute Gasteiger partial charge is 0.475 e. The topological polar surface area (TPSA) is 125 Å². The van der Waals surface area contributed by atoms with Crippen molar-refractivity contribution in [1.29, 1.82) is 0 Å². The Hall–Kier alpha value is -3.21. The number of furan rings is 1. The number of thiazole rings is 1. The van der Waals surface area contributed by atoms with Crippen LogP contribution in [0.15, 0.2) is 59.2 Å². The first-order valence-corrected chi connectivity index (χ1v) is 9.61. The first-order chi connectivity index (χ1) is 14.0. The standard InChI is InChI=1S/C19H16BN3O5S/c24-17(18(25)23-19-21-13-6-2-4-8-15(13)29-19)22-16(20(26)27)9-11-10-28-14-7-3-1-5-12(11)14/h1-8,10,16,26-27H,9H2,(H,22,24)(H,21,23,25)/t16-/m0/s1. The molecule has 0 aliphatic carbocycles. The molecule has 0 fully saturated rings. The second kappa shape index (κ2) is 8.04. The van der Waals surface area contributed by atoms with Crippen molar-refractivity contribution in [2.75, 3.05) is 5.32 Å². The van der Waals surface area contributed by atoms with Gasteiger partial charge in [-0.05, 0) is 30.2 Å². The minimum absolute atomic E-state index is 0.0782. The van der Waals surface area contributed by atoms with E-state index in [1.165, 1.54) is 17.6 Å². The van der Waals surface area contributed by atoms with E-state index in [1.807, 2.05) is 36.4 Å². The average Bonchev–Trinajstić information content (AvgIpc) is 3.30. The number of fused-ring (bicyclic) bond motifs is 2. The van der Waals surface area contributed by atoms with Gasteiger partial charge in [-0.3, -0.25) is 14.9 Å². The summed E-state index contributed by atoms with van der Waals surface area (Å²) in [5, 5.41) is 25.2. The van der Waals surface area contributed by atoms with E-state index in [0.717, 1.165) is 10.1 Å². The molecule has 0 aliphatic rings. The van der Waals surface area contributed by atoms with Gasteiger partial charge in [0.05, 0.1) is 22.4 Å². The van der Waals surface area contributed by atoms with Crippen molar-refractivity contribution in [2.45, 2.75) is 12.4 Å². The fraction of sp³-hybridized carbons (Fsp3) is 0.105. The number of hydrogen-bond donors (Lipinski definition) is 4. The zero-order valence-corrected chi connectivity index (χ0v) is 15.8. The van der Waals surface area contributed by atoms with Crippen LogP contribution in [0.1, 0.15) is 5.56 Å². The third kappa shape index (κ3) is 4.14. The van der Waals surface area contributed by atoms with E-state index >= 15 is 0 Å². The Balaban J connectivity index is 1.44. The summed E-state index contributed by atoms with van der Waals surface area (Å²) in [6.45, 7) is 0. The number of rotatable bonds is 5. The van der Waals surface area contributed by atoms with Crippen molar-refractivity contribution in [2.24, 2.45) is 0 Å². The predicted molar refractivity (Wildman–Crippen MR) is 110 cm³/mol. The summed E-state index contributed by atoms with van der Waals surface area (Å²) in [6, 6.07) is 14.6. The second-order valence-corrected chi connectivity index (χ2v) is 7.43. The molecule has 0 spiro atoms. The lowest BCUT2D eigenvalue weighted by Gasteiger charge is -2.16. The second-order valence-electron chi connectivity index (χ2n) is 6.40. The number of benzene rings is 2. The van der Waals surface area contributed by atoms with Crippen molar-refractivity contribution >= 4 is 56.6 Å². The van der Waals surface area contributed by atoms with Crippen LogP contribution in [0.3, 0.4) is 0 Å². The number of carbonyl (C=O) groups is 2. The van der Waals surface area contributed by atoms with E-state index in [-0.39, 0.29) is 11.6 Å². The first-order valence-electron chi connectivity index (χ1n) is 8.80. The Kier molecular flexibility index (Phi) is 5.30. The van der Waals surface area contributed by atoms with Gasteiger partial charge in [-0.2, -0.15) is 0 Å². The van der Waals surface area contributed by atoms with Gasteiger partial charge in [0.25, 0.3) is 0 Å². The summed E-state index contributed by atoms with van der Waals surface area (Å²) in [7, 11) is -1.86. The normalized spacial score (nSPS) is 12.1. The summed E-state index contributed by atoms with van der Waals surface area (Å²) >= 11 is 1.24. The fourth-order valence-corrected chi connectivity index (χ4v) is 3.83. The van der Waals surface area contributed by atoms with Gasteiger partial charge in [-0.25, -0.2) is 4.98 Å². The first kappa shape index (κ1) is 19.1. The monoisotopic (exact) mass is 409 g/mol. The molecule has 0 bridgehead atoms. The quantitative estimate of drug-likeness (QED) is 0.294. The zero-order chi connectivity index (χ0) is 20.4. The van der Waals surface area contributed by atoms with Gasteiger partial charge in [-0.15, -0.1) is 0 Å². The third-order valence-electron chi connectivity index (χ3n) is 4.40. The molecule has 10 heteroatoms. The van der Waals surface area contributed by atoms with Crippen LogP contribution in [0.2, 0.25) is 0 Å². The van der Waals surface area contributed by atoms with Crippen molar-refractivity contribution in [3.05, 3.63) is 60.4 Å². The Morgan fingerprint density at radius 2 is 1.86 bits per heavy atom. The molecule has 29 heavy (non-hydrogen) atoms. The molecule has 4 N–H and O–H groups in total. The van der Waals surface area contributed by atoms with Crippen LogP contribution >= 0.6 is 11.3 Å². The number of carbonyl (C=O) groups excluding carboxylic acids is 2. The molecule has 0 radical (unpaired) electrons. The minimum Gasteiger partial charge on any atom is -0.464 e. The van der Waals surface area contributed by atoms with Crippen LogP contribution in [0.4, 0.5) is 5.13 Å². The molecule has 1 atom stereocenters. The van der Waals surface area contributed by atoms with Gasteiger partial charge in [0.1, 0.15) is 5.58 Å². The molecule has 2 amide bonds. The molecule has 4 rings (SSSR count). The van der Waals surface area contributed by atoms with Gasteiger partial charge >= 0.3 is 18.9 Å². The van der Waals surface area contributed by atoms with E-state index in [9.17, 15) is 19.6 Å². The smallest absolute Gasteiger partial charge is 0.464 e. The maximum Gasteiger partial charge on any atom is 0.475 e. The molecule has 0 unspecified atom stereocenters. The van der Waals surface area contributed by atoms with Crippen molar-refractivity contribution in [1.82, 2.24) is 10.3 Å². The van der Waals surface area contributed by atoms with E-state index in [2.05, 4.69) is 15.6 Å². The summed E-state index contributed by atoms with van der Waals surface area (Å²) < 4.78 is 6.30. The number of nitrogens with zero attached hydrogens (tertiary/aromatic N) is 1. The van der Waals surface area contributed by atoms with E-state index in [1.54, 1.807) is 12.1 Å². The highest BCUT2D eigenvalue weighted by Gasteiger charge is 2.29. The molecule has 2 heterocycles. The van der Waals surface area contributed by atoms with E-state index < -0.39 is 24.9 Å². The van der Waals surface area contributed by atoms with Gasteiger partial charge in [0, 0.05) is 5.39 Å². The minimum atomic E-state index is -1.86. The maximum absolute atomic E-state index is 12.3. The average molecular weight is 409 g/mol. The molecular weight excluding hydrogens is 393 g/mol. The van der Waals surface area contributed by atoms with Gasteiger partial charge in [0.15, 0.2) is 5.13 Å². The maximum atomic E-state index is 12.3. The van der Waals surface area contributed by atoms with Crippen molar-refractivity contribution in [3.63, 3.8) is 0 Å². The molecule has 0 aliphatic heterocycles. The zero-order valence-electron chi connectivity index (χ0n) is 15.0. The Bertz CT molecular complexity index is 1160. The molecular formula is C19H16BN3O5S. The lowest BCUT2D eigenvalue weighted by molar-refractivity contribution is -0.136. The SMILES string of the molecule is O=C(Nc1nc2ccccc2s1)C(=O)N[C@@H](Cc1coc2ccccc12)B(O)O. The number of hydrogen-bond acceptors (Lipinski definition) is 7. The molecule has 2 aromatic heterocycles. The van der Waals surface area contributed by atoms with Gasteiger partial charge in [0.2, 0.25) is 0 Å². The summed E-state index contributed by atoms with van der Waals surface area (Å²) in [5.41, 5.74) is 2.04. The van der Waals surface area contributed by atoms with Crippen LogP contribution in [0.25, 0.3) is 21.2 Å². The number of amides is 2. The fourth-order valence-electron chi connectivity index (χ4n) is 2.97. The van der Waals surface area contributed by atoms with Gasteiger partial charge < -0.3 is 19.8 Å². The highest BCUT2D eigenvalue weighted by Crippen LogP contribution is 2.25. The molecule has 0 saturated carbocycles. The van der Waals surface area contributed by atoms with E-state index in [0.29, 0.717) is 16.7 Å². The number of para-hydroxylation sites is 2. The Labute approximate surface area is 169 Å². The van der Waals surface area contributed by atoms with Crippen molar-refractivity contribution in [3.8, 4) is 0 Å². The summed E-state index contributed by atoms with van der Waals surface area (Å²) in [4.78, 5) is 28.7. The van der Waals surface area contributed by atoms with Crippen LogP contribution in [-0.4, -0.2) is 39.9 Å². The number of anilines is 1. The Morgan fingerprint density at radius 3 is 2.66 bits per heavy atom. The molecule has 4 aromatic rings. The number of aromatic nitrogens is 1. The highest BCUT2D eigenvalue weighted by atomic mass is 32.1. The lowest BCUT2D eigenvalue weighted by atomic mass is 9.76. The van der Waals surface area contributed by atoms with Gasteiger partial charge in [-0.1, -0.05) is 41.7 Å². The predicted octanol–water partition coefficient (Wildman–Crippen LogP) is 1.72. The molecule has 2 aromatic carbocycles. The van der Waals surface area contributed by atoms with Crippen LogP contribution < -0.4 is 10.6 Å². The van der Waals surface area contributed by atoms with E-state index in [4.69, 9.17) is 4.42 Å². The highest BCUT2D eigenvalue weighted by molar-refractivity contribution is 7.22. The summed E-state index contributed by atoms with van der Waals surface area (Å²) in [5.74, 6) is -3.02. The summed E-state index contributed by atoms with van der Waals surface area (Å²) in [6.07, 6.45) is 1.57. The van der Waals surface area contributed by atoms with Crippen LogP contribution in [0, 0.1) is 0 Å². The Morgan fingerprint density at radius 1 is 1.10 bits per heavy atom. The van der Waals surface area contributed by atoms with Crippen LogP contribution in [0.5, 0.6) is 0 Å². The molecule has 0 saturated heterocycles. The van der Waals surface area contributed by atoms with Crippen LogP contribution in [-0.2, 0) is 16.0 Å². The lowest BCUT2D eigenvalue weighted by Crippen LogP contribution is -2.51. The number of nitrogens with one attached hydrogen (secondary N) is 2. The van der Waals surface area contributed by atoms with Crippen molar-refractivity contribution < 1.29 is 24.1 Å².